The van der Waals surface area contributed by atoms with E-state index in [0.717, 1.165) is 14.6 Å². The molecule has 0 spiro atoms. The maximum Gasteiger partial charge on any atom is 0.232 e. The summed E-state index contributed by atoms with van der Waals surface area (Å²) in [6, 6.07) is 5.68. The van der Waals surface area contributed by atoms with Gasteiger partial charge in [0, 0.05) is 28.7 Å². The number of hydrogen-bond acceptors (Lipinski definition) is 3. The normalized spacial score (nSPS) is 18.1. The van der Waals surface area contributed by atoms with Crippen LogP contribution in [0, 0.1) is 5.41 Å². The third-order valence-electron chi connectivity index (χ3n) is 3.52. The molecule has 1 aliphatic heterocycles. The maximum absolute atomic E-state index is 12.5. The van der Waals surface area contributed by atoms with Crippen molar-refractivity contribution < 1.29 is 9.53 Å². The Bertz CT molecular complexity index is 453. The van der Waals surface area contributed by atoms with E-state index >= 15 is 0 Å². The van der Waals surface area contributed by atoms with Gasteiger partial charge in [0.15, 0.2) is 0 Å². The Morgan fingerprint density at radius 3 is 2.42 bits per heavy atom. The molecule has 1 aromatic carbocycles. The summed E-state index contributed by atoms with van der Waals surface area (Å²) in [7, 11) is 0. The largest absolute Gasteiger partial charge is 0.381 e. The number of anilines is 1. The number of carbonyl (C=O) groups is 1. The van der Waals surface area contributed by atoms with Crippen molar-refractivity contribution in [1.82, 2.24) is 0 Å². The Morgan fingerprint density at radius 2 is 1.89 bits per heavy atom. The number of hydrogen-bond donors (Lipinski definition) is 2. The zero-order chi connectivity index (χ0) is 13.9. The SMILES string of the molecule is NCC1(C(=O)Nc2c(Br)cccc2Br)CCOCC1. The molecule has 1 saturated heterocycles. The summed E-state index contributed by atoms with van der Waals surface area (Å²) in [6.07, 6.45) is 1.33. The molecule has 1 aliphatic rings. The molecule has 3 N–H and O–H groups in total. The third kappa shape index (κ3) is 3.18. The topological polar surface area (TPSA) is 64.4 Å². The predicted octanol–water partition coefficient (Wildman–Crippen LogP) is 2.91. The van der Waals surface area contributed by atoms with E-state index in [0.29, 0.717) is 32.6 Å². The van der Waals surface area contributed by atoms with E-state index < -0.39 is 5.41 Å². The van der Waals surface area contributed by atoms with Gasteiger partial charge < -0.3 is 15.8 Å². The number of ether oxygens (including phenoxy) is 1. The van der Waals surface area contributed by atoms with Crippen molar-refractivity contribution in [3.05, 3.63) is 27.1 Å². The van der Waals surface area contributed by atoms with Gasteiger partial charge in [0.25, 0.3) is 0 Å². The van der Waals surface area contributed by atoms with Crippen LogP contribution in [0.3, 0.4) is 0 Å². The third-order valence-corrected chi connectivity index (χ3v) is 4.85. The van der Waals surface area contributed by atoms with Crippen LogP contribution in [0.15, 0.2) is 27.1 Å². The van der Waals surface area contributed by atoms with Crippen LogP contribution in [0.4, 0.5) is 5.69 Å². The molecule has 1 fully saturated rings. The van der Waals surface area contributed by atoms with Gasteiger partial charge in [0.1, 0.15) is 0 Å². The highest BCUT2D eigenvalue weighted by Crippen LogP contribution is 2.35. The van der Waals surface area contributed by atoms with Crippen LogP contribution < -0.4 is 11.1 Å². The van der Waals surface area contributed by atoms with Gasteiger partial charge in [0.05, 0.1) is 11.1 Å². The molecule has 1 aromatic rings. The van der Waals surface area contributed by atoms with Crippen molar-refractivity contribution in [1.29, 1.82) is 0 Å². The van der Waals surface area contributed by atoms with E-state index in [1.54, 1.807) is 0 Å². The highest BCUT2D eigenvalue weighted by atomic mass is 79.9. The number of amides is 1. The molecule has 2 rings (SSSR count). The molecule has 0 saturated carbocycles. The zero-order valence-corrected chi connectivity index (χ0v) is 13.6. The Labute approximate surface area is 129 Å². The first kappa shape index (κ1) is 15.0. The molecule has 4 nitrogen and oxygen atoms in total. The van der Waals surface area contributed by atoms with Gasteiger partial charge in [-0.25, -0.2) is 0 Å². The van der Waals surface area contributed by atoms with Crippen LogP contribution in [0.1, 0.15) is 12.8 Å². The molecule has 1 heterocycles. The summed E-state index contributed by atoms with van der Waals surface area (Å²) >= 11 is 6.88. The minimum Gasteiger partial charge on any atom is -0.381 e. The van der Waals surface area contributed by atoms with E-state index in [-0.39, 0.29) is 5.91 Å². The fourth-order valence-corrected chi connectivity index (χ4v) is 3.35. The highest BCUT2D eigenvalue weighted by molar-refractivity contribution is 9.11. The maximum atomic E-state index is 12.5. The molecular weight excluding hydrogens is 376 g/mol. The lowest BCUT2D eigenvalue weighted by Gasteiger charge is -2.34. The number of nitrogens with one attached hydrogen (secondary N) is 1. The van der Waals surface area contributed by atoms with E-state index in [1.807, 2.05) is 18.2 Å². The van der Waals surface area contributed by atoms with Crippen LogP contribution in [0.5, 0.6) is 0 Å². The lowest BCUT2D eigenvalue weighted by Crippen LogP contribution is -2.46. The standard InChI is InChI=1S/C13H16Br2N2O2/c14-9-2-1-3-10(15)11(9)17-12(18)13(8-16)4-6-19-7-5-13/h1-3H,4-8,16H2,(H,17,18). The van der Waals surface area contributed by atoms with Crippen LogP contribution in [0.2, 0.25) is 0 Å². The van der Waals surface area contributed by atoms with Gasteiger partial charge in [-0.15, -0.1) is 0 Å². The number of rotatable bonds is 3. The molecule has 19 heavy (non-hydrogen) atoms. The second-order valence-corrected chi connectivity index (χ2v) is 6.36. The van der Waals surface area contributed by atoms with E-state index in [1.165, 1.54) is 0 Å². The van der Waals surface area contributed by atoms with Crippen molar-refractivity contribution in [3.63, 3.8) is 0 Å². The molecule has 0 aliphatic carbocycles. The van der Waals surface area contributed by atoms with Gasteiger partial charge >= 0.3 is 0 Å². The molecule has 0 radical (unpaired) electrons. The predicted molar refractivity (Wildman–Crippen MR) is 82.0 cm³/mol. The lowest BCUT2D eigenvalue weighted by atomic mass is 9.79. The fourth-order valence-electron chi connectivity index (χ4n) is 2.15. The first-order valence-electron chi connectivity index (χ1n) is 6.12. The molecule has 0 atom stereocenters. The fraction of sp³-hybridized carbons (Fsp3) is 0.462. The Hall–Kier alpha value is -0.430. The summed E-state index contributed by atoms with van der Waals surface area (Å²) in [5, 5.41) is 2.97. The number of nitrogens with two attached hydrogens (primary N) is 1. The van der Waals surface area contributed by atoms with E-state index in [4.69, 9.17) is 10.5 Å². The smallest absolute Gasteiger partial charge is 0.232 e. The number of carbonyl (C=O) groups excluding carboxylic acids is 1. The average Bonchev–Trinajstić information content (AvgIpc) is 2.43. The van der Waals surface area contributed by atoms with Crippen molar-refractivity contribution >= 4 is 43.5 Å². The van der Waals surface area contributed by atoms with E-state index in [2.05, 4.69) is 37.2 Å². The van der Waals surface area contributed by atoms with Crippen LogP contribution in [-0.4, -0.2) is 25.7 Å². The first-order chi connectivity index (χ1) is 9.09. The second kappa shape index (κ2) is 6.35. The molecule has 1 amide bonds. The quantitative estimate of drug-likeness (QED) is 0.832. The first-order valence-corrected chi connectivity index (χ1v) is 7.71. The molecule has 104 valence electrons. The van der Waals surface area contributed by atoms with Gasteiger partial charge in [-0.2, -0.15) is 0 Å². The van der Waals surface area contributed by atoms with Crippen LogP contribution in [0.25, 0.3) is 0 Å². The van der Waals surface area contributed by atoms with Crippen molar-refractivity contribution in [2.24, 2.45) is 11.1 Å². The second-order valence-electron chi connectivity index (χ2n) is 4.65. The summed E-state index contributed by atoms with van der Waals surface area (Å²) < 4.78 is 7.00. The summed E-state index contributed by atoms with van der Waals surface area (Å²) in [4.78, 5) is 12.5. The highest BCUT2D eigenvalue weighted by Gasteiger charge is 2.39. The minimum atomic E-state index is -0.521. The molecule has 6 heteroatoms. The van der Waals surface area contributed by atoms with E-state index in [9.17, 15) is 4.79 Å². The van der Waals surface area contributed by atoms with Crippen LogP contribution in [-0.2, 0) is 9.53 Å². The van der Waals surface area contributed by atoms with Gasteiger partial charge in [0.2, 0.25) is 5.91 Å². The average molecular weight is 392 g/mol. The number of halogens is 2. The van der Waals surface area contributed by atoms with Gasteiger partial charge in [-0.3, -0.25) is 4.79 Å². The Kier molecular flexibility index (Phi) is 5.00. The lowest BCUT2D eigenvalue weighted by molar-refractivity contribution is -0.130. The molecule has 0 unspecified atom stereocenters. The Balaban J connectivity index is 2.20. The molecular formula is C13H16Br2N2O2. The van der Waals surface area contributed by atoms with Crippen molar-refractivity contribution in [2.75, 3.05) is 25.1 Å². The van der Waals surface area contributed by atoms with Gasteiger partial charge in [-0.1, -0.05) is 6.07 Å². The zero-order valence-electron chi connectivity index (χ0n) is 10.4. The number of benzene rings is 1. The summed E-state index contributed by atoms with van der Waals surface area (Å²) in [5.74, 6) is -0.0362. The Morgan fingerprint density at radius 1 is 1.32 bits per heavy atom. The monoisotopic (exact) mass is 390 g/mol. The summed E-state index contributed by atoms with van der Waals surface area (Å²) in [6.45, 7) is 1.51. The van der Waals surface area contributed by atoms with Crippen molar-refractivity contribution in [3.8, 4) is 0 Å². The summed E-state index contributed by atoms with van der Waals surface area (Å²) in [5.41, 5.74) is 6.05. The van der Waals surface area contributed by atoms with Crippen molar-refractivity contribution in [2.45, 2.75) is 12.8 Å². The van der Waals surface area contributed by atoms with Crippen LogP contribution >= 0.6 is 31.9 Å². The van der Waals surface area contributed by atoms with Gasteiger partial charge in [-0.05, 0) is 56.8 Å². The number of para-hydroxylation sites is 1. The molecule has 0 bridgehead atoms. The minimum absolute atomic E-state index is 0.0362. The molecule has 0 aromatic heterocycles.